The second kappa shape index (κ2) is 10.8. The number of aromatic amines is 1. The highest BCUT2D eigenvalue weighted by Crippen LogP contribution is 2.28. The van der Waals surface area contributed by atoms with Gasteiger partial charge in [0.25, 0.3) is 17.4 Å². The number of carbonyl (C=O) groups excluding carboxylic acids is 3. The number of amides is 2. The minimum absolute atomic E-state index is 0.0681. The number of fused-ring (bicyclic) bond motifs is 1. The number of benzene rings is 1. The number of methoxy groups -OCH3 is 1. The Labute approximate surface area is 215 Å². The molecule has 192 valence electrons. The second-order valence-electron chi connectivity index (χ2n) is 8.25. The van der Waals surface area contributed by atoms with Crippen LogP contribution in [-0.4, -0.2) is 58.0 Å². The SMILES string of the molecule is COC(=O)c1cccnc1CCNC(=O)c1[nH]c(=O)c(O)c2c1CCN(Cc1ccc(F)c(Cl)c1)C2=O. The van der Waals surface area contributed by atoms with Crippen LogP contribution in [0.25, 0.3) is 0 Å². The number of ether oxygens (including phenoxy) is 1. The summed E-state index contributed by atoms with van der Waals surface area (Å²) in [6, 6.07) is 7.20. The third-order valence-corrected chi connectivity index (χ3v) is 6.24. The van der Waals surface area contributed by atoms with Crippen LogP contribution in [0, 0.1) is 5.82 Å². The van der Waals surface area contributed by atoms with Crippen LogP contribution in [0.4, 0.5) is 4.39 Å². The lowest BCUT2D eigenvalue weighted by Gasteiger charge is -2.30. The number of H-pyrrole nitrogens is 1. The van der Waals surface area contributed by atoms with Gasteiger partial charge >= 0.3 is 5.97 Å². The lowest BCUT2D eigenvalue weighted by atomic mass is 9.96. The number of hydrogen-bond acceptors (Lipinski definition) is 7. The lowest BCUT2D eigenvalue weighted by molar-refractivity contribution is 0.0598. The summed E-state index contributed by atoms with van der Waals surface area (Å²) in [6.07, 6.45) is 1.89. The predicted octanol–water partition coefficient (Wildman–Crippen LogP) is 2.23. The Morgan fingerprint density at radius 3 is 2.81 bits per heavy atom. The van der Waals surface area contributed by atoms with E-state index in [2.05, 4.69) is 15.3 Å². The van der Waals surface area contributed by atoms with Crippen LogP contribution in [0.15, 0.2) is 41.3 Å². The molecule has 0 fully saturated rings. The molecule has 0 unspecified atom stereocenters. The van der Waals surface area contributed by atoms with Crippen molar-refractivity contribution in [3.05, 3.63) is 91.4 Å². The van der Waals surface area contributed by atoms with E-state index in [1.54, 1.807) is 12.1 Å². The first-order valence-corrected chi connectivity index (χ1v) is 11.6. The van der Waals surface area contributed by atoms with Crippen molar-refractivity contribution in [2.24, 2.45) is 0 Å². The zero-order chi connectivity index (χ0) is 26.7. The van der Waals surface area contributed by atoms with Crippen LogP contribution in [0.1, 0.15) is 48.0 Å². The summed E-state index contributed by atoms with van der Waals surface area (Å²) in [6.45, 7) is 0.324. The Bertz CT molecular complexity index is 1460. The van der Waals surface area contributed by atoms with Crippen molar-refractivity contribution in [2.45, 2.75) is 19.4 Å². The monoisotopic (exact) mass is 528 g/mol. The molecule has 2 aromatic heterocycles. The summed E-state index contributed by atoms with van der Waals surface area (Å²) in [5.41, 5.74) is 0.0790. The van der Waals surface area contributed by atoms with E-state index in [9.17, 15) is 28.7 Å². The van der Waals surface area contributed by atoms with Gasteiger partial charge in [-0.1, -0.05) is 17.7 Å². The van der Waals surface area contributed by atoms with E-state index in [4.69, 9.17) is 16.3 Å². The summed E-state index contributed by atoms with van der Waals surface area (Å²) < 4.78 is 18.2. The maximum Gasteiger partial charge on any atom is 0.339 e. The molecular formula is C25H22ClFN4O6. The topological polar surface area (TPSA) is 142 Å². The van der Waals surface area contributed by atoms with Gasteiger partial charge in [-0.25, -0.2) is 9.18 Å². The molecule has 1 aliphatic heterocycles. The first kappa shape index (κ1) is 25.8. The molecule has 0 aliphatic carbocycles. The van der Waals surface area contributed by atoms with Crippen LogP contribution in [-0.2, 0) is 24.1 Å². The minimum atomic E-state index is -0.985. The first-order chi connectivity index (χ1) is 17.7. The standard InChI is InChI=1S/C25H22ClFN4O6/c1-37-25(36)14-3-2-8-28-18(14)6-9-29-22(33)20-15-7-10-31(12-13-4-5-17(27)16(26)11-13)24(35)19(15)21(32)23(34)30-20/h2-5,8,11,32H,6-7,9-10,12H2,1H3,(H,29,33)(H,30,34). The van der Waals surface area contributed by atoms with E-state index in [0.717, 1.165) is 0 Å². The Balaban J connectivity index is 1.53. The van der Waals surface area contributed by atoms with Gasteiger partial charge < -0.3 is 25.0 Å². The molecule has 37 heavy (non-hydrogen) atoms. The Morgan fingerprint density at radius 1 is 1.30 bits per heavy atom. The van der Waals surface area contributed by atoms with E-state index in [1.165, 1.54) is 36.4 Å². The molecule has 4 rings (SSSR count). The van der Waals surface area contributed by atoms with Crippen LogP contribution in [0.2, 0.25) is 5.02 Å². The molecule has 0 atom stereocenters. The Hall–Kier alpha value is -4.25. The summed E-state index contributed by atoms with van der Waals surface area (Å²) in [4.78, 5) is 58.3. The summed E-state index contributed by atoms with van der Waals surface area (Å²) in [5, 5.41) is 12.9. The van der Waals surface area contributed by atoms with E-state index in [1.807, 2.05) is 0 Å². The zero-order valence-electron chi connectivity index (χ0n) is 19.6. The van der Waals surface area contributed by atoms with Crippen molar-refractivity contribution < 1.29 is 28.6 Å². The molecule has 0 bridgehead atoms. The number of pyridine rings is 2. The first-order valence-electron chi connectivity index (χ1n) is 11.2. The zero-order valence-corrected chi connectivity index (χ0v) is 20.4. The average Bonchev–Trinajstić information content (AvgIpc) is 2.89. The Morgan fingerprint density at radius 2 is 2.08 bits per heavy atom. The fourth-order valence-electron chi connectivity index (χ4n) is 4.14. The number of hydrogen-bond donors (Lipinski definition) is 3. The number of rotatable bonds is 7. The van der Waals surface area contributed by atoms with E-state index in [-0.39, 0.29) is 59.9 Å². The third kappa shape index (κ3) is 5.31. The highest BCUT2D eigenvalue weighted by atomic mass is 35.5. The fourth-order valence-corrected chi connectivity index (χ4v) is 4.34. The van der Waals surface area contributed by atoms with Crippen molar-refractivity contribution in [1.82, 2.24) is 20.2 Å². The molecule has 1 aromatic carbocycles. The largest absolute Gasteiger partial charge is 0.502 e. The Kier molecular flexibility index (Phi) is 7.53. The summed E-state index contributed by atoms with van der Waals surface area (Å²) >= 11 is 5.83. The smallest absolute Gasteiger partial charge is 0.339 e. The van der Waals surface area contributed by atoms with Gasteiger partial charge in [0, 0.05) is 32.3 Å². The second-order valence-corrected chi connectivity index (χ2v) is 8.66. The molecule has 3 aromatic rings. The molecular weight excluding hydrogens is 507 g/mol. The molecule has 0 saturated carbocycles. The van der Waals surface area contributed by atoms with Crippen LogP contribution in [0.3, 0.4) is 0 Å². The molecule has 2 amide bonds. The van der Waals surface area contributed by atoms with Crippen molar-refractivity contribution in [2.75, 3.05) is 20.2 Å². The minimum Gasteiger partial charge on any atom is -0.502 e. The third-order valence-electron chi connectivity index (χ3n) is 5.95. The number of nitrogens with one attached hydrogen (secondary N) is 2. The number of esters is 1. The van der Waals surface area contributed by atoms with E-state index in [0.29, 0.717) is 11.3 Å². The molecule has 10 nitrogen and oxygen atoms in total. The van der Waals surface area contributed by atoms with Crippen molar-refractivity contribution >= 4 is 29.4 Å². The highest BCUT2D eigenvalue weighted by molar-refractivity contribution is 6.30. The van der Waals surface area contributed by atoms with Gasteiger partial charge in [-0.3, -0.25) is 19.4 Å². The van der Waals surface area contributed by atoms with Gasteiger partial charge in [0.15, 0.2) is 5.75 Å². The van der Waals surface area contributed by atoms with E-state index >= 15 is 0 Å². The van der Waals surface area contributed by atoms with Crippen LogP contribution in [0.5, 0.6) is 5.75 Å². The summed E-state index contributed by atoms with van der Waals surface area (Å²) in [7, 11) is 1.25. The predicted molar refractivity (Wildman–Crippen MR) is 130 cm³/mol. The van der Waals surface area contributed by atoms with Gasteiger partial charge in [-0.2, -0.15) is 0 Å². The lowest BCUT2D eigenvalue weighted by Crippen LogP contribution is -2.40. The number of halogens is 2. The van der Waals surface area contributed by atoms with Gasteiger partial charge in [0.1, 0.15) is 11.5 Å². The average molecular weight is 529 g/mol. The van der Waals surface area contributed by atoms with E-state index < -0.39 is 34.9 Å². The van der Waals surface area contributed by atoms with Gasteiger partial charge in [-0.15, -0.1) is 0 Å². The van der Waals surface area contributed by atoms with Crippen molar-refractivity contribution in [1.29, 1.82) is 0 Å². The fraction of sp³-hybridized carbons (Fsp3) is 0.240. The molecule has 3 heterocycles. The number of carbonyl (C=O) groups is 3. The van der Waals surface area contributed by atoms with Crippen molar-refractivity contribution in [3.63, 3.8) is 0 Å². The van der Waals surface area contributed by atoms with Crippen LogP contribution >= 0.6 is 11.6 Å². The normalized spacial score (nSPS) is 12.7. The number of nitrogens with zero attached hydrogens (tertiary/aromatic N) is 2. The highest BCUT2D eigenvalue weighted by Gasteiger charge is 2.33. The quantitative estimate of drug-likeness (QED) is 0.399. The molecule has 12 heteroatoms. The molecule has 0 saturated heterocycles. The van der Waals surface area contributed by atoms with Gasteiger partial charge in [0.05, 0.1) is 29.0 Å². The van der Waals surface area contributed by atoms with Crippen LogP contribution < -0.4 is 10.9 Å². The maximum absolute atomic E-state index is 13.5. The molecule has 1 aliphatic rings. The molecule has 3 N–H and O–H groups in total. The molecule has 0 spiro atoms. The van der Waals surface area contributed by atoms with Gasteiger partial charge in [-0.05, 0) is 41.8 Å². The van der Waals surface area contributed by atoms with Crippen molar-refractivity contribution in [3.8, 4) is 5.75 Å². The maximum atomic E-state index is 13.5. The number of aromatic nitrogens is 2. The van der Waals surface area contributed by atoms with Gasteiger partial charge in [0.2, 0.25) is 0 Å². The molecule has 0 radical (unpaired) electrons. The number of aromatic hydroxyl groups is 1. The summed E-state index contributed by atoms with van der Waals surface area (Å²) in [5.74, 6) is -3.23.